The molecule has 4 nitrogen and oxygen atoms in total. The highest BCUT2D eigenvalue weighted by molar-refractivity contribution is 6.00. The fourth-order valence-corrected chi connectivity index (χ4v) is 2.29. The molecule has 0 aliphatic rings. The molecule has 3 N–H and O–H groups in total. The summed E-state index contributed by atoms with van der Waals surface area (Å²) >= 11 is 0. The average Bonchev–Trinajstić information content (AvgIpc) is 2.51. The van der Waals surface area contributed by atoms with Crippen molar-refractivity contribution in [2.75, 3.05) is 11.1 Å². The van der Waals surface area contributed by atoms with Gasteiger partial charge in [0, 0.05) is 46.9 Å². The second-order valence-corrected chi connectivity index (χ2v) is 4.78. The van der Waals surface area contributed by atoms with Crippen molar-refractivity contribution in [3.8, 4) is 0 Å². The van der Waals surface area contributed by atoms with Crippen molar-refractivity contribution in [2.24, 2.45) is 0 Å². The molecule has 20 heavy (non-hydrogen) atoms. The molecule has 1 unspecified atom stereocenters. The van der Waals surface area contributed by atoms with Gasteiger partial charge >= 0.3 is 0 Å². The minimum absolute atomic E-state index is 0.163. The first kappa shape index (κ1) is 12.4. The zero-order valence-corrected chi connectivity index (χ0v) is 11.2. The fraction of sp³-hybridized carbons (Fsp3) is 0.125. The Kier molecular flexibility index (Phi) is 3.21. The van der Waals surface area contributed by atoms with Crippen LogP contribution in [0.25, 0.3) is 10.8 Å². The van der Waals surface area contributed by atoms with E-state index in [1.54, 1.807) is 12.4 Å². The third-order valence-corrected chi connectivity index (χ3v) is 3.41. The zero-order valence-electron chi connectivity index (χ0n) is 11.2. The lowest BCUT2D eigenvalue weighted by atomic mass is 10.1. The average molecular weight is 264 g/mol. The fourth-order valence-electron chi connectivity index (χ4n) is 2.29. The second kappa shape index (κ2) is 5.17. The maximum atomic E-state index is 6.00. The Morgan fingerprint density at radius 3 is 2.65 bits per heavy atom. The van der Waals surface area contributed by atoms with E-state index in [9.17, 15) is 0 Å². The van der Waals surface area contributed by atoms with Crippen molar-refractivity contribution >= 4 is 22.1 Å². The van der Waals surface area contributed by atoms with E-state index in [0.29, 0.717) is 0 Å². The standard InChI is InChI=1S/C16H16N4/c1-11(12-3-2-7-18-9-12)20-16-5-4-15(17)13-6-8-19-10-14(13)16/h2-11,20H,17H2,1H3. The Labute approximate surface area is 117 Å². The molecule has 0 aliphatic heterocycles. The zero-order chi connectivity index (χ0) is 13.9. The van der Waals surface area contributed by atoms with Crippen molar-refractivity contribution in [3.63, 3.8) is 0 Å². The van der Waals surface area contributed by atoms with Gasteiger partial charge in [-0.25, -0.2) is 0 Å². The predicted octanol–water partition coefficient (Wildman–Crippen LogP) is 3.39. The van der Waals surface area contributed by atoms with E-state index in [0.717, 1.165) is 27.7 Å². The summed E-state index contributed by atoms with van der Waals surface area (Å²) in [5.41, 5.74) is 8.93. The summed E-state index contributed by atoms with van der Waals surface area (Å²) in [6, 6.07) is 10.0. The number of hydrogen-bond donors (Lipinski definition) is 2. The maximum absolute atomic E-state index is 6.00. The van der Waals surface area contributed by atoms with Crippen molar-refractivity contribution in [1.29, 1.82) is 0 Å². The molecule has 4 heteroatoms. The van der Waals surface area contributed by atoms with Crippen LogP contribution in [-0.4, -0.2) is 9.97 Å². The van der Waals surface area contributed by atoms with Gasteiger partial charge < -0.3 is 11.1 Å². The lowest BCUT2D eigenvalue weighted by molar-refractivity contribution is 0.877. The first-order chi connectivity index (χ1) is 9.75. The number of benzene rings is 1. The van der Waals surface area contributed by atoms with Crippen molar-refractivity contribution < 1.29 is 0 Å². The van der Waals surface area contributed by atoms with Gasteiger partial charge in [-0.3, -0.25) is 9.97 Å². The van der Waals surface area contributed by atoms with Gasteiger partial charge in [0.1, 0.15) is 0 Å². The van der Waals surface area contributed by atoms with Crippen LogP contribution in [0.3, 0.4) is 0 Å². The highest BCUT2D eigenvalue weighted by atomic mass is 14.9. The normalized spacial score (nSPS) is 12.2. The lowest BCUT2D eigenvalue weighted by Crippen LogP contribution is -2.07. The van der Waals surface area contributed by atoms with Crippen LogP contribution in [0.1, 0.15) is 18.5 Å². The minimum atomic E-state index is 0.163. The molecule has 100 valence electrons. The molecule has 2 heterocycles. The smallest absolute Gasteiger partial charge is 0.0501 e. The van der Waals surface area contributed by atoms with Gasteiger partial charge in [-0.15, -0.1) is 0 Å². The highest BCUT2D eigenvalue weighted by Gasteiger charge is 2.09. The maximum Gasteiger partial charge on any atom is 0.0501 e. The largest absolute Gasteiger partial charge is 0.398 e. The van der Waals surface area contributed by atoms with Gasteiger partial charge in [-0.1, -0.05) is 6.07 Å². The van der Waals surface area contributed by atoms with Gasteiger partial charge in [0.25, 0.3) is 0 Å². The molecule has 0 saturated carbocycles. The molecule has 0 saturated heterocycles. The number of rotatable bonds is 3. The number of fused-ring (bicyclic) bond motifs is 1. The number of pyridine rings is 2. The predicted molar refractivity (Wildman–Crippen MR) is 82.4 cm³/mol. The van der Waals surface area contributed by atoms with Crippen LogP contribution in [0, 0.1) is 0 Å². The molecule has 1 atom stereocenters. The van der Waals surface area contributed by atoms with Crippen LogP contribution < -0.4 is 11.1 Å². The van der Waals surface area contributed by atoms with Crippen LogP contribution in [0.15, 0.2) is 55.1 Å². The summed E-state index contributed by atoms with van der Waals surface area (Å²) in [6.45, 7) is 2.11. The van der Waals surface area contributed by atoms with Crippen LogP contribution in [0.4, 0.5) is 11.4 Å². The Balaban J connectivity index is 1.97. The van der Waals surface area contributed by atoms with Crippen LogP contribution in [0.2, 0.25) is 0 Å². The summed E-state index contributed by atoms with van der Waals surface area (Å²) in [4.78, 5) is 8.34. The monoisotopic (exact) mass is 264 g/mol. The van der Waals surface area contributed by atoms with E-state index < -0.39 is 0 Å². The molecule has 0 radical (unpaired) electrons. The molecular formula is C16H16N4. The lowest BCUT2D eigenvalue weighted by Gasteiger charge is -2.17. The van der Waals surface area contributed by atoms with E-state index >= 15 is 0 Å². The SMILES string of the molecule is CC(Nc1ccc(N)c2ccncc12)c1cccnc1. The molecule has 0 amide bonds. The van der Waals surface area contributed by atoms with E-state index in [1.807, 2.05) is 36.7 Å². The summed E-state index contributed by atoms with van der Waals surface area (Å²) in [5, 5.41) is 5.54. The Morgan fingerprint density at radius 2 is 1.85 bits per heavy atom. The Morgan fingerprint density at radius 1 is 1.00 bits per heavy atom. The number of nitrogens with one attached hydrogen (secondary N) is 1. The molecule has 0 fully saturated rings. The van der Waals surface area contributed by atoms with Crippen LogP contribution in [-0.2, 0) is 0 Å². The molecule has 0 aliphatic carbocycles. The summed E-state index contributed by atoms with van der Waals surface area (Å²) in [6.07, 6.45) is 7.24. The van der Waals surface area contributed by atoms with Gasteiger partial charge in [-0.05, 0) is 36.8 Å². The van der Waals surface area contributed by atoms with Crippen LogP contribution in [0.5, 0.6) is 0 Å². The van der Waals surface area contributed by atoms with Gasteiger partial charge in [0.2, 0.25) is 0 Å². The summed E-state index contributed by atoms with van der Waals surface area (Å²) < 4.78 is 0. The number of nitrogens with two attached hydrogens (primary N) is 1. The molecule has 2 aromatic heterocycles. The Hall–Kier alpha value is -2.62. The number of nitrogens with zero attached hydrogens (tertiary/aromatic N) is 2. The van der Waals surface area contributed by atoms with Gasteiger partial charge in [0.15, 0.2) is 0 Å². The van der Waals surface area contributed by atoms with E-state index in [4.69, 9.17) is 5.73 Å². The van der Waals surface area contributed by atoms with E-state index in [1.165, 1.54) is 0 Å². The van der Waals surface area contributed by atoms with E-state index in [-0.39, 0.29) is 6.04 Å². The molecule has 3 rings (SSSR count). The third kappa shape index (κ3) is 2.28. The number of nitrogen functional groups attached to an aromatic ring is 1. The number of anilines is 2. The van der Waals surface area contributed by atoms with Crippen molar-refractivity contribution in [3.05, 3.63) is 60.7 Å². The van der Waals surface area contributed by atoms with Gasteiger partial charge in [-0.2, -0.15) is 0 Å². The highest BCUT2D eigenvalue weighted by Crippen LogP contribution is 2.29. The molecular weight excluding hydrogens is 248 g/mol. The third-order valence-electron chi connectivity index (χ3n) is 3.41. The molecule has 3 aromatic rings. The second-order valence-electron chi connectivity index (χ2n) is 4.78. The van der Waals surface area contributed by atoms with Crippen LogP contribution >= 0.6 is 0 Å². The summed E-state index contributed by atoms with van der Waals surface area (Å²) in [7, 11) is 0. The topological polar surface area (TPSA) is 63.8 Å². The summed E-state index contributed by atoms with van der Waals surface area (Å²) in [5.74, 6) is 0. The quantitative estimate of drug-likeness (QED) is 0.712. The first-order valence-electron chi connectivity index (χ1n) is 6.54. The van der Waals surface area contributed by atoms with Crippen molar-refractivity contribution in [1.82, 2.24) is 9.97 Å². The number of aromatic nitrogens is 2. The number of hydrogen-bond acceptors (Lipinski definition) is 4. The van der Waals surface area contributed by atoms with Gasteiger partial charge in [0.05, 0.1) is 6.04 Å². The molecule has 1 aromatic carbocycles. The minimum Gasteiger partial charge on any atom is -0.398 e. The van der Waals surface area contributed by atoms with Crippen molar-refractivity contribution in [2.45, 2.75) is 13.0 Å². The first-order valence-corrected chi connectivity index (χ1v) is 6.54. The molecule has 0 spiro atoms. The Bertz CT molecular complexity index is 725. The van der Waals surface area contributed by atoms with E-state index in [2.05, 4.69) is 28.3 Å². The molecule has 0 bridgehead atoms.